The molecule has 0 saturated carbocycles. The van der Waals surface area contributed by atoms with Crippen molar-refractivity contribution in [3.05, 3.63) is 16.1 Å². The van der Waals surface area contributed by atoms with Crippen molar-refractivity contribution in [2.75, 3.05) is 7.11 Å². The number of nitrogens with two attached hydrogens (primary N) is 1. The van der Waals surface area contributed by atoms with Gasteiger partial charge in [0, 0.05) is 25.0 Å². The summed E-state index contributed by atoms with van der Waals surface area (Å²) in [6, 6.07) is 0.112. The Morgan fingerprint density at radius 1 is 1.60 bits per heavy atom. The van der Waals surface area contributed by atoms with Crippen molar-refractivity contribution in [2.24, 2.45) is 5.73 Å². The van der Waals surface area contributed by atoms with Gasteiger partial charge in [-0.25, -0.2) is 4.98 Å². The second-order valence-electron chi connectivity index (χ2n) is 4.49. The zero-order valence-corrected chi connectivity index (χ0v) is 10.7. The molecule has 0 aliphatic rings. The van der Waals surface area contributed by atoms with E-state index in [-0.39, 0.29) is 11.6 Å². The molecule has 0 radical (unpaired) electrons. The molecule has 1 atom stereocenters. The molecule has 86 valence electrons. The Balaban J connectivity index is 2.46. The van der Waals surface area contributed by atoms with Gasteiger partial charge in [-0.3, -0.25) is 0 Å². The van der Waals surface area contributed by atoms with Gasteiger partial charge in [0.2, 0.25) is 0 Å². The molecule has 0 aromatic carbocycles. The molecule has 4 heteroatoms. The Bertz CT molecular complexity index is 309. The van der Waals surface area contributed by atoms with Crippen molar-refractivity contribution >= 4 is 11.3 Å². The fourth-order valence-electron chi connectivity index (χ4n) is 1.56. The molecule has 1 aromatic heterocycles. The summed E-state index contributed by atoms with van der Waals surface area (Å²) in [7, 11) is 1.72. The molecule has 0 fully saturated rings. The van der Waals surface area contributed by atoms with Crippen LogP contribution in [0.4, 0.5) is 0 Å². The van der Waals surface area contributed by atoms with Crippen LogP contribution in [0.3, 0.4) is 0 Å². The lowest BCUT2D eigenvalue weighted by Gasteiger charge is -2.26. The smallest absolute Gasteiger partial charge is 0.0897 e. The lowest BCUT2D eigenvalue weighted by molar-refractivity contribution is 0.0101. The summed E-state index contributed by atoms with van der Waals surface area (Å²) in [4.78, 5) is 4.40. The van der Waals surface area contributed by atoms with Gasteiger partial charge in [0.15, 0.2) is 0 Å². The summed E-state index contributed by atoms with van der Waals surface area (Å²) in [6.07, 6.45) is 1.68. The van der Waals surface area contributed by atoms with Gasteiger partial charge in [0.05, 0.1) is 16.3 Å². The van der Waals surface area contributed by atoms with Crippen LogP contribution in [-0.4, -0.2) is 23.7 Å². The number of methoxy groups -OCH3 is 1. The maximum absolute atomic E-state index is 6.06. The molecule has 0 amide bonds. The molecule has 1 rings (SSSR count). The molecule has 0 bridgehead atoms. The second kappa shape index (κ2) is 5.05. The second-order valence-corrected chi connectivity index (χ2v) is 5.55. The van der Waals surface area contributed by atoms with Crippen LogP contribution in [0.15, 0.2) is 5.38 Å². The van der Waals surface area contributed by atoms with E-state index in [9.17, 15) is 0 Å². The maximum Gasteiger partial charge on any atom is 0.0897 e. The zero-order valence-electron chi connectivity index (χ0n) is 9.91. The van der Waals surface area contributed by atoms with Crippen molar-refractivity contribution < 1.29 is 4.74 Å². The highest BCUT2D eigenvalue weighted by atomic mass is 32.1. The minimum atomic E-state index is -0.148. The first kappa shape index (κ1) is 12.6. The number of thiazole rings is 1. The summed E-state index contributed by atoms with van der Waals surface area (Å²) >= 11 is 1.67. The highest BCUT2D eigenvalue weighted by Gasteiger charge is 2.21. The monoisotopic (exact) mass is 228 g/mol. The number of hydrogen-bond acceptors (Lipinski definition) is 4. The Morgan fingerprint density at radius 2 is 2.27 bits per heavy atom. The minimum absolute atomic E-state index is 0.112. The van der Waals surface area contributed by atoms with Crippen molar-refractivity contribution in [1.82, 2.24) is 4.98 Å². The average molecular weight is 228 g/mol. The first-order valence-electron chi connectivity index (χ1n) is 5.15. The number of ether oxygens (including phenoxy) is 1. The molecule has 15 heavy (non-hydrogen) atoms. The Kier molecular flexibility index (Phi) is 4.25. The first-order valence-corrected chi connectivity index (χ1v) is 6.02. The maximum atomic E-state index is 6.06. The molecular weight excluding hydrogens is 208 g/mol. The van der Waals surface area contributed by atoms with Crippen molar-refractivity contribution in [1.29, 1.82) is 0 Å². The molecule has 1 heterocycles. The van der Waals surface area contributed by atoms with Crippen molar-refractivity contribution in [2.45, 2.75) is 45.3 Å². The van der Waals surface area contributed by atoms with Crippen LogP contribution in [0.25, 0.3) is 0 Å². The minimum Gasteiger partial charge on any atom is -0.379 e. The molecule has 1 aromatic rings. The third-order valence-electron chi connectivity index (χ3n) is 2.44. The normalized spacial score (nSPS) is 14.2. The third-order valence-corrected chi connectivity index (χ3v) is 3.27. The van der Waals surface area contributed by atoms with Gasteiger partial charge in [0.25, 0.3) is 0 Å². The van der Waals surface area contributed by atoms with Crippen molar-refractivity contribution in [3.8, 4) is 0 Å². The predicted octanol–water partition coefficient (Wildman–Crippen LogP) is 2.14. The fraction of sp³-hybridized carbons (Fsp3) is 0.727. The fourth-order valence-corrected chi connectivity index (χ4v) is 2.18. The first-order chi connectivity index (χ1) is 6.93. The van der Waals surface area contributed by atoms with E-state index in [1.807, 2.05) is 6.92 Å². The SMILES string of the molecule is COC(C)(C)CC(N)Cc1csc(C)n1. The Morgan fingerprint density at radius 3 is 2.73 bits per heavy atom. The molecule has 3 nitrogen and oxygen atoms in total. The van der Waals surface area contributed by atoms with Crippen LogP contribution in [-0.2, 0) is 11.2 Å². The lowest BCUT2D eigenvalue weighted by Crippen LogP contribution is -2.35. The van der Waals surface area contributed by atoms with E-state index >= 15 is 0 Å². The zero-order chi connectivity index (χ0) is 11.5. The molecule has 0 aliphatic carbocycles. The molecular formula is C11H20N2OS. The molecule has 2 N–H and O–H groups in total. The Hall–Kier alpha value is -0.450. The van der Waals surface area contributed by atoms with E-state index in [0.717, 1.165) is 23.5 Å². The summed E-state index contributed by atoms with van der Waals surface area (Å²) < 4.78 is 5.35. The van der Waals surface area contributed by atoms with Gasteiger partial charge >= 0.3 is 0 Å². The summed E-state index contributed by atoms with van der Waals surface area (Å²) in [5.41, 5.74) is 7.01. The molecule has 0 aliphatic heterocycles. The topological polar surface area (TPSA) is 48.1 Å². The van der Waals surface area contributed by atoms with Crippen LogP contribution in [0.2, 0.25) is 0 Å². The summed E-state index contributed by atoms with van der Waals surface area (Å²) in [5.74, 6) is 0. The van der Waals surface area contributed by atoms with Gasteiger partial charge in [-0.05, 0) is 27.2 Å². The van der Waals surface area contributed by atoms with E-state index in [1.165, 1.54) is 0 Å². The third kappa shape index (κ3) is 4.28. The highest BCUT2D eigenvalue weighted by Crippen LogP contribution is 2.17. The summed E-state index contributed by atoms with van der Waals surface area (Å²) in [5, 5.41) is 3.18. The summed E-state index contributed by atoms with van der Waals surface area (Å²) in [6.45, 7) is 6.12. The largest absolute Gasteiger partial charge is 0.379 e. The van der Waals surface area contributed by atoms with Gasteiger partial charge in [-0.1, -0.05) is 0 Å². The van der Waals surface area contributed by atoms with E-state index in [0.29, 0.717) is 0 Å². The number of rotatable bonds is 5. The molecule has 1 unspecified atom stereocenters. The predicted molar refractivity (Wildman–Crippen MR) is 64.2 cm³/mol. The molecule has 0 spiro atoms. The van der Waals surface area contributed by atoms with Crippen LogP contribution in [0, 0.1) is 6.92 Å². The van der Waals surface area contributed by atoms with E-state index in [1.54, 1.807) is 18.4 Å². The van der Waals surface area contributed by atoms with Crippen LogP contribution in [0.5, 0.6) is 0 Å². The number of nitrogens with zero attached hydrogens (tertiary/aromatic N) is 1. The van der Waals surface area contributed by atoms with Gasteiger partial charge in [-0.2, -0.15) is 0 Å². The standard InChI is InChI=1S/C11H20N2OS/c1-8-13-10(7-15-8)5-9(12)6-11(2,3)14-4/h7,9H,5-6,12H2,1-4H3. The number of hydrogen-bond donors (Lipinski definition) is 1. The lowest BCUT2D eigenvalue weighted by atomic mass is 9.97. The number of aryl methyl sites for hydroxylation is 1. The van der Waals surface area contributed by atoms with E-state index in [2.05, 4.69) is 24.2 Å². The van der Waals surface area contributed by atoms with Gasteiger partial charge < -0.3 is 10.5 Å². The quantitative estimate of drug-likeness (QED) is 0.840. The van der Waals surface area contributed by atoms with Crippen LogP contribution < -0.4 is 5.73 Å². The molecule has 0 saturated heterocycles. The van der Waals surface area contributed by atoms with E-state index in [4.69, 9.17) is 10.5 Å². The van der Waals surface area contributed by atoms with E-state index < -0.39 is 0 Å². The van der Waals surface area contributed by atoms with Crippen molar-refractivity contribution in [3.63, 3.8) is 0 Å². The Labute approximate surface area is 95.7 Å². The number of aromatic nitrogens is 1. The highest BCUT2D eigenvalue weighted by molar-refractivity contribution is 7.09. The van der Waals surface area contributed by atoms with Crippen LogP contribution >= 0.6 is 11.3 Å². The van der Waals surface area contributed by atoms with Gasteiger partial charge in [0.1, 0.15) is 0 Å². The van der Waals surface area contributed by atoms with Gasteiger partial charge in [-0.15, -0.1) is 11.3 Å². The average Bonchev–Trinajstić information content (AvgIpc) is 2.50. The van der Waals surface area contributed by atoms with Crippen LogP contribution in [0.1, 0.15) is 31.0 Å².